The topological polar surface area (TPSA) is 55.1 Å². The molecule has 0 bridgehead atoms. The molecule has 0 aliphatic heterocycles. The quantitative estimate of drug-likeness (QED) is 0.0836. The summed E-state index contributed by atoms with van der Waals surface area (Å²) in [5.41, 5.74) is 1.62. The van der Waals surface area contributed by atoms with E-state index in [1.807, 2.05) is 0 Å². The van der Waals surface area contributed by atoms with E-state index in [1.165, 1.54) is 6.41 Å². The Morgan fingerprint density at radius 3 is 2.00 bits per heavy atom. The maximum atomic E-state index is 8.81. The van der Waals surface area contributed by atoms with Crippen molar-refractivity contribution >= 4 is 6.41 Å². The molecular weight excluding hydrogens is 79.0 g/mol. The number of nitrogens with one attached hydrogen (secondary N) is 1. The van der Waals surface area contributed by atoms with Crippen molar-refractivity contribution in [2.45, 2.75) is 0 Å². The average molecular weight is 82.0 g/mol. The number of rotatable bonds is 1. The van der Waals surface area contributed by atoms with Gasteiger partial charge in [0.05, 0.1) is 0 Å². The predicted octanol–water partition coefficient (Wildman–Crippen LogP) is -4.48. The van der Waals surface area contributed by atoms with Crippen LogP contribution in [0, 0.1) is 0 Å². The third kappa shape index (κ3) is 12.8. The molecule has 0 aromatic carbocycles. The first-order chi connectivity index (χ1) is 1.91. The van der Waals surface area contributed by atoms with E-state index in [9.17, 15) is 0 Å². The summed E-state index contributed by atoms with van der Waals surface area (Å²) >= 11 is 0. The van der Waals surface area contributed by atoms with Crippen LogP contribution < -0.4 is 40.8 Å². The van der Waals surface area contributed by atoms with Crippen LogP contribution in [-0.4, -0.2) is 6.41 Å². The molecule has 0 unspecified atom stereocenters. The van der Waals surface area contributed by atoms with E-state index in [0.717, 1.165) is 0 Å². The maximum Gasteiger partial charge on any atom is 1.00 e. The minimum Gasteiger partial charge on any atom is -0.519 e. The van der Waals surface area contributed by atoms with Crippen LogP contribution in [0.2, 0.25) is 0 Å². The molecule has 0 aliphatic rings. The number of carbonyl (C=O) groups excluding carboxylic acids is 1. The van der Waals surface area contributed by atoms with Crippen molar-refractivity contribution in [3.8, 4) is 0 Å². The fourth-order valence-electron chi connectivity index (χ4n) is 0. The molecule has 0 aromatic heterocycles. The van der Waals surface area contributed by atoms with Gasteiger partial charge < -0.3 is 10.2 Å². The molecule has 0 aromatic rings. The predicted molar refractivity (Wildman–Crippen MR) is 13.0 cm³/mol. The van der Waals surface area contributed by atoms with Crippen LogP contribution in [0.3, 0.4) is 0 Å². The zero-order valence-corrected chi connectivity index (χ0v) is 4.99. The summed E-state index contributed by atoms with van der Waals surface area (Å²) in [6.07, 6.45) is 1.21. The molecule has 0 aliphatic carbocycles. The van der Waals surface area contributed by atoms with Crippen molar-refractivity contribution < 1.29 is 34.4 Å². The second kappa shape index (κ2) is 8.83. The first kappa shape index (κ1) is 9.06. The van der Waals surface area contributed by atoms with Gasteiger partial charge in [0.1, 0.15) is 0 Å². The Morgan fingerprint density at radius 1 is 1.80 bits per heavy atom. The monoisotopic (exact) mass is 82.0 g/mol. The van der Waals surface area contributed by atoms with Crippen molar-refractivity contribution in [2.75, 3.05) is 0 Å². The molecule has 0 fully saturated rings. The van der Waals surface area contributed by atoms with Gasteiger partial charge in [-0.05, 0) is 0 Å². The first-order valence-electron chi connectivity index (χ1n) is 0.743. The smallest absolute Gasteiger partial charge is 0.519 e. The molecule has 24 valence electrons. The third-order valence-electron chi connectivity index (χ3n) is 0.0589. The van der Waals surface area contributed by atoms with Crippen LogP contribution in [0.5, 0.6) is 0 Å². The van der Waals surface area contributed by atoms with Crippen LogP contribution in [0.4, 0.5) is 0 Å². The van der Waals surface area contributed by atoms with Gasteiger partial charge in [-0.15, -0.1) is 0 Å². The fraction of sp³-hybridized carbons (Fsp3) is 0. The van der Waals surface area contributed by atoms with E-state index in [1.54, 1.807) is 5.43 Å². The van der Waals surface area contributed by atoms with Gasteiger partial charge in [0.15, 0.2) is 0 Å². The van der Waals surface area contributed by atoms with Crippen LogP contribution in [0.15, 0.2) is 0 Å². The van der Waals surface area contributed by atoms with Gasteiger partial charge in [0.25, 0.3) is 0 Å². The Labute approximate surface area is 52.2 Å². The Morgan fingerprint density at radius 2 is 2.00 bits per heavy atom. The standard InChI is InChI=1S/CH3N2O.Na/c2-3-1-4;/h2H2,(H,3,4);/q-1;+1. The second-order valence-corrected chi connectivity index (χ2v) is 0.246. The summed E-state index contributed by atoms with van der Waals surface area (Å²) in [5, 5.41) is 0. The van der Waals surface area contributed by atoms with Gasteiger partial charge in [-0.25, -0.2) is 0 Å². The van der Waals surface area contributed by atoms with Gasteiger partial charge >= 0.3 is 29.6 Å². The van der Waals surface area contributed by atoms with E-state index in [4.69, 9.17) is 4.79 Å². The van der Waals surface area contributed by atoms with Gasteiger partial charge in [-0.3, -0.25) is 5.84 Å². The molecule has 0 rings (SSSR count). The van der Waals surface area contributed by atoms with Crippen molar-refractivity contribution in [2.24, 2.45) is 5.84 Å². The molecule has 0 radical (unpaired) electrons. The molecule has 0 heterocycles. The summed E-state index contributed by atoms with van der Waals surface area (Å²) in [5.74, 6) is 4.35. The van der Waals surface area contributed by atoms with Crippen LogP contribution >= 0.6 is 0 Å². The van der Waals surface area contributed by atoms with Gasteiger partial charge in [0, 0.05) is 0 Å². The molecule has 0 saturated carbocycles. The van der Waals surface area contributed by atoms with Crippen molar-refractivity contribution in [1.29, 1.82) is 0 Å². The van der Waals surface area contributed by atoms with Crippen LogP contribution in [-0.2, 0) is 4.79 Å². The van der Waals surface area contributed by atoms with E-state index in [-0.39, 0.29) is 29.6 Å². The zero-order valence-electron chi connectivity index (χ0n) is 2.99. The zero-order chi connectivity index (χ0) is 3.41. The molecule has 0 atom stereocenters. The SMILES string of the molecule is NN[C-]=O.[Na+]. The fourth-order valence-corrected chi connectivity index (χ4v) is 0. The second-order valence-electron chi connectivity index (χ2n) is 0.246. The van der Waals surface area contributed by atoms with E-state index in [0.29, 0.717) is 0 Å². The van der Waals surface area contributed by atoms with Crippen LogP contribution in [0.1, 0.15) is 0 Å². The Kier molecular flexibility index (Phi) is 16.0. The molecular formula is CH3N2NaO. The molecule has 3 N–H and O–H groups in total. The summed E-state index contributed by atoms with van der Waals surface area (Å²) in [4.78, 5) is 8.81. The molecule has 5 heavy (non-hydrogen) atoms. The van der Waals surface area contributed by atoms with Crippen molar-refractivity contribution in [3.63, 3.8) is 0 Å². The first-order valence-corrected chi connectivity index (χ1v) is 0.743. The normalized spacial score (nSPS) is 4.20. The maximum absolute atomic E-state index is 8.81. The van der Waals surface area contributed by atoms with E-state index >= 15 is 0 Å². The molecule has 0 saturated heterocycles. The van der Waals surface area contributed by atoms with Gasteiger partial charge in [-0.2, -0.15) is 6.41 Å². The summed E-state index contributed by atoms with van der Waals surface area (Å²) in [7, 11) is 0. The Hall–Kier alpha value is 0.430. The number of nitrogens with two attached hydrogens (primary N) is 1. The molecule has 0 spiro atoms. The number of hydrazine groups is 1. The summed E-state index contributed by atoms with van der Waals surface area (Å²) < 4.78 is 0. The number of hydrogen-bond donors (Lipinski definition) is 2. The minimum absolute atomic E-state index is 0. The van der Waals surface area contributed by atoms with E-state index in [2.05, 4.69) is 5.84 Å². The van der Waals surface area contributed by atoms with Crippen LogP contribution in [0.25, 0.3) is 0 Å². The Balaban J connectivity index is 0. The van der Waals surface area contributed by atoms with Gasteiger partial charge in [0.2, 0.25) is 0 Å². The molecule has 1 amide bonds. The summed E-state index contributed by atoms with van der Waals surface area (Å²) in [6.45, 7) is 0. The average Bonchev–Trinajstić information content (AvgIpc) is 1.37. The van der Waals surface area contributed by atoms with Crippen molar-refractivity contribution in [3.05, 3.63) is 0 Å². The number of amides is 1. The van der Waals surface area contributed by atoms with Crippen molar-refractivity contribution in [1.82, 2.24) is 5.43 Å². The minimum atomic E-state index is 0. The molecule has 3 nitrogen and oxygen atoms in total. The number of hydrogen-bond acceptors (Lipinski definition) is 2. The summed E-state index contributed by atoms with van der Waals surface area (Å²) in [6, 6.07) is 0. The largest absolute Gasteiger partial charge is 1.00 e. The van der Waals surface area contributed by atoms with E-state index < -0.39 is 0 Å². The molecule has 4 heteroatoms. The third-order valence-corrected chi connectivity index (χ3v) is 0.0589. The Bertz CT molecular complexity index is 23.6. The van der Waals surface area contributed by atoms with Gasteiger partial charge in [-0.1, -0.05) is 0 Å².